The summed E-state index contributed by atoms with van der Waals surface area (Å²) < 4.78 is 10.1. The predicted octanol–water partition coefficient (Wildman–Crippen LogP) is 2.51. The Kier molecular flexibility index (Phi) is 5.72. The van der Waals surface area contributed by atoms with Crippen molar-refractivity contribution in [3.8, 4) is 0 Å². The average molecular weight is 344 g/mol. The van der Waals surface area contributed by atoms with Gasteiger partial charge in [-0.05, 0) is 24.5 Å². The summed E-state index contributed by atoms with van der Waals surface area (Å²) in [5.41, 5.74) is -0.703. The molecule has 0 radical (unpaired) electrons. The minimum Gasteiger partial charge on any atom is -0.467 e. The largest absolute Gasteiger partial charge is 0.467 e. The lowest BCUT2D eigenvalue weighted by molar-refractivity contribution is -0.152. The lowest BCUT2D eigenvalue weighted by Crippen LogP contribution is -2.58. The summed E-state index contributed by atoms with van der Waals surface area (Å²) in [7, 11) is 1.31. The van der Waals surface area contributed by atoms with Crippen molar-refractivity contribution < 1.29 is 19.1 Å². The fraction of sp³-hybridized carbons (Fsp3) is 0.467. The Bertz CT molecular complexity index is 573. The molecule has 0 saturated carbocycles. The molecule has 1 aromatic rings. The number of halogens is 1. The van der Waals surface area contributed by atoms with Crippen LogP contribution in [0, 0.1) is 0 Å². The molecule has 0 aliphatic carbocycles. The number of methoxy groups -OCH3 is 1. The third-order valence-electron chi connectivity index (χ3n) is 3.69. The number of rotatable bonds is 4. The highest BCUT2D eigenvalue weighted by molar-refractivity contribution is 7.98. The Morgan fingerprint density at radius 2 is 2.05 bits per heavy atom. The fourth-order valence-electron chi connectivity index (χ4n) is 2.39. The van der Waals surface area contributed by atoms with Gasteiger partial charge in [0.05, 0.1) is 17.7 Å². The number of amides is 1. The summed E-state index contributed by atoms with van der Waals surface area (Å²) in [5, 5.41) is 3.15. The van der Waals surface area contributed by atoms with Gasteiger partial charge in [-0.1, -0.05) is 11.6 Å². The van der Waals surface area contributed by atoms with Gasteiger partial charge in [0.2, 0.25) is 0 Å². The molecule has 2 rings (SSSR count). The Morgan fingerprint density at radius 1 is 1.36 bits per heavy atom. The first-order valence-corrected chi connectivity index (χ1v) is 8.45. The molecule has 0 bridgehead atoms. The molecule has 0 atom stereocenters. The molecule has 7 heteroatoms. The SMILES string of the molecule is COC(=O)C1(NC(=O)c2cc(SC)ccc2Cl)CCOCC1. The summed E-state index contributed by atoms with van der Waals surface area (Å²) in [5.74, 6) is -0.838. The third kappa shape index (κ3) is 3.56. The van der Waals surface area contributed by atoms with E-state index in [-0.39, 0.29) is 5.91 Å². The number of hydrogen-bond acceptors (Lipinski definition) is 5. The van der Waals surface area contributed by atoms with Crippen LogP contribution in [0.3, 0.4) is 0 Å². The van der Waals surface area contributed by atoms with Crippen LogP contribution >= 0.6 is 23.4 Å². The van der Waals surface area contributed by atoms with Crippen molar-refractivity contribution in [1.82, 2.24) is 5.32 Å². The van der Waals surface area contributed by atoms with Crippen LogP contribution in [0.1, 0.15) is 23.2 Å². The highest BCUT2D eigenvalue weighted by Crippen LogP contribution is 2.26. The zero-order chi connectivity index (χ0) is 16.2. The minimum atomic E-state index is -1.05. The first kappa shape index (κ1) is 17.1. The molecule has 1 aliphatic rings. The molecule has 1 aromatic carbocycles. The Labute approximate surface area is 138 Å². The van der Waals surface area contributed by atoms with Gasteiger partial charge in [-0.2, -0.15) is 0 Å². The summed E-state index contributed by atoms with van der Waals surface area (Å²) in [6.45, 7) is 0.794. The van der Waals surface area contributed by atoms with Gasteiger partial charge in [0.25, 0.3) is 5.91 Å². The molecule has 0 aromatic heterocycles. The van der Waals surface area contributed by atoms with Crippen LogP contribution in [0.15, 0.2) is 23.1 Å². The van der Waals surface area contributed by atoms with Crippen molar-refractivity contribution in [2.24, 2.45) is 0 Å². The van der Waals surface area contributed by atoms with E-state index in [9.17, 15) is 9.59 Å². The first-order valence-electron chi connectivity index (χ1n) is 6.84. The monoisotopic (exact) mass is 343 g/mol. The van der Waals surface area contributed by atoms with Gasteiger partial charge < -0.3 is 14.8 Å². The summed E-state index contributed by atoms with van der Waals surface area (Å²) in [6.07, 6.45) is 2.68. The van der Waals surface area contributed by atoms with E-state index in [0.29, 0.717) is 36.6 Å². The molecule has 1 aliphatic heterocycles. The van der Waals surface area contributed by atoms with Crippen LogP contribution in [0.25, 0.3) is 0 Å². The molecule has 5 nitrogen and oxygen atoms in total. The Morgan fingerprint density at radius 3 is 2.64 bits per heavy atom. The van der Waals surface area contributed by atoms with Gasteiger partial charge in [0, 0.05) is 31.0 Å². The van der Waals surface area contributed by atoms with Gasteiger partial charge >= 0.3 is 5.97 Å². The fourth-order valence-corrected chi connectivity index (χ4v) is 3.03. The van der Waals surface area contributed by atoms with Crippen LogP contribution in [-0.2, 0) is 14.3 Å². The number of thioether (sulfide) groups is 1. The molecule has 120 valence electrons. The van der Waals surface area contributed by atoms with Crippen molar-refractivity contribution in [3.05, 3.63) is 28.8 Å². The van der Waals surface area contributed by atoms with Crippen molar-refractivity contribution >= 4 is 35.2 Å². The maximum absolute atomic E-state index is 12.6. The van der Waals surface area contributed by atoms with Crippen molar-refractivity contribution in [3.63, 3.8) is 0 Å². The number of ether oxygens (including phenoxy) is 2. The maximum atomic E-state index is 12.6. The minimum absolute atomic E-state index is 0.349. The highest BCUT2D eigenvalue weighted by Gasteiger charge is 2.43. The van der Waals surface area contributed by atoms with Crippen LogP contribution < -0.4 is 5.32 Å². The lowest BCUT2D eigenvalue weighted by Gasteiger charge is -2.35. The Balaban J connectivity index is 2.26. The molecule has 1 heterocycles. The number of carbonyl (C=O) groups is 2. The van der Waals surface area contributed by atoms with Crippen LogP contribution in [0.2, 0.25) is 5.02 Å². The normalized spacial score (nSPS) is 16.9. The molecular weight excluding hydrogens is 326 g/mol. The number of carbonyl (C=O) groups excluding carboxylic acids is 2. The quantitative estimate of drug-likeness (QED) is 0.672. The zero-order valence-corrected chi connectivity index (χ0v) is 14.1. The first-order chi connectivity index (χ1) is 10.5. The summed E-state index contributed by atoms with van der Waals surface area (Å²) >= 11 is 7.63. The van der Waals surface area contributed by atoms with Crippen LogP contribution in [0.4, 0.5) is 0 Å². The predicted molar refractivity (Wildman–Crippen MR) is 85.5 cm³/mol. The van der Waals surface area contributed by atoms with Gasteiger partial charge in [-0.3, -0.25) is 4.79 Å². The van der Waals surface area contributed by atoms with Crippen molar-refractivity contribution in [2.75, 3.05) is 26.6 Å². The number of nitrogens with one attached hydrogen (secondary N) is 1. The molecule has 1 fully saturated rings. The van der Waals surface area contributed by atoms with Gasteiger partial charge in [0.1, 0.15) is 5.54 Å². The van der Waals surface area contributed by atoms with Crippen LogP contribution in [-0.4, -0.2) is 44.0 Å². The zero-order valence-electron chi connectivity index (χ0n) is 12.5. The summed E-state index contributed by atoms with van der Waals surface area (Å²) in [4.78, 5) is 25.6. The second-order valence-electron chi connectivity index (χ2n) is 4.99. The van der Waals surface area contributed by atoms with E-state index in [1.165, 1.54) is 18.9 Å². The second-order valence-corrected chi connectivity index (χ2v) is 6.27. The Hall–Kier alpha value is -1.24. The van der Waals surface area contributed by atoms with Crippen molar-refractivity contribution in [2.45, 2.75) is 23.3 Å². The average Bonchev–Trinajstić information content (AvgIpc) is 2.55. The maximum Gasteiger partial charge on any atom is 0.331 e. The van der Waals surface area contributed by atoms with E-state index in [1.54, 1.807) is 12.1 Å². The highest BCUT2D eigenvalue weighted by atomic mass is 35.5. The van der Waals surface area contributed by atoms with E-state index in [1.807, 2.05) is 12.3 Å². The van der Waals surface area contributed by atoms with Crippen molar-refractivity contribution in [1.29, 1.82) is 0 Å². The van der Waals surface area contributed by atoms with Crippen LogP contribution in [0.5, 0.6) is 0 Å². The number of hydrogen-bond donors (Lipinski definition) is 1. The van der Waals surface area contributed by atoms with Gasteiger partial charge in [-0.25, -0.2) is 4.79 Å². The third-order valence-corrected chi connectivity index (χ3v) is 4.75. The lowest BCUT2D eigenvalue weighted by atomic mass is 9.89. The van der Waals surface area contributed by atoms with E-state index >= 15 is 0 Å². The second kappa shape index (κ2) is 7.35. The summed E-state index contributed by atoms with van der Waals surface area (Å²) in [6, 6.07) is 5.23. The smallest absolute Gasteiger partial charge is 0.331 e. The number of esters is 1. The van der Waals surface area contributed by atoms with E-state index < -0.39 is 11.5 Å². The molecule has 1 N–H and O–H groups in total. The molecule has 1 saturated heterocycles. The molecule has 0 unspecified atom stereocenters. The topological polar surface area (TPSA) is 64.6 Å². The van der Waals surface area contributed by atoms with E-state index in [2.05, 4.69) is 5.32 Å². The van der Waals surface area contributed by atoms with Gasteiger partial charge in [-0.15, -0.1) is 11.8 Å². The molecule has 22 heavy (non-hydrogen) atoms. The standard InChI is InChI=1S/C15H18ClNO4S/c1-20-14(19)15(5-7-21-8-6-15)17-13(18)11-9-10(22-2)3-4-12(11)16/h3-4,9H,5-8H2,1-2H3,(H,17,18). The van der Waals surface area contributed by atoms with Gasteiger partial charge in [0.15, 0.2) is 0 Å². The molecule has 1 amide bonds. The van der Waals surface area contributed by atoms with E-state index in [4.69, 9.17) is 21.1 Å². The molecular formula is C15H18ClNO4S. The molecule has 0 spiro atoms. The van der Waals surface area contributed by atoms with E-state index in [0.717, 1.165) is 4.90 Å². The number of benzene rings is 1.